The summed E-state index contributed by atoms with van der Waals surface area (Å²) in [6.07, 6.45) is 0.917. The maximum atomic E-state index is 12.0. The Morgan fingerprint density at radius 1 is 1.22 bits per heavy atom. The summed E-state index contributed by atoms with van der Waals surface area (Å²) in [5.41, 5.74) is -1.64. The number of H-pyrrole nitrogens is 2. The van der Waals surface area contributed by atoms with Crippen molar-refractivity contribution in [2.75, 3.05) is 13.1 Å². The fourth-order valence-electron chi connectivity index (χ4n) is 2.43. The molecule has 8 nitrogen and oxygen atoms in total. The van der Waals surface area contributed by atoms with E-state index in [2.05, 4.69) is 15.0 Å². The van der Waals surface area contributed by atoms with E-state index in [-0.39, 0.29) is 6.04 Å². The Balaban J connectivity index is 1.86. The lowest BCUT2D eigenvalue weighted by Crippen LogP contribution is -2.37. The zero-order chi connectivity index (χ0) is 12.9. The van der Waals surface area contributed by atoms with E-state index in [1.807, 2.05) is 4.98 Å². The van der Waals surface area contributed by atoms with Crippen LogP contribution in [-0.2, 0) is 10.0 Å². The molecule has 0 aromatic carbocycles. The zero-order valence-electron chi connectivity index (χ0n) is 9.26. The molecule has 9 heteroatoms. The fourth-order valence-corrected chi connectivity index (χ4v) is 3.78. The SMILES string of the molecule is O=c1[nH]cc(S(=O)(=O)NC2C3CNCC32)c(=O)[nH]1. The van der Waals surface area contributed by atoms with Crippen LogP contribution in [-0.4, -0.2) is 37.5 Å². The van der Waals surface area contributed by atoms with Gasteiger partial charge in [-0.3, -0.25) is 9.78 Å². The highest BCUT2D eigenvalue weighted by atomic mass is 32.2. The van der Waals surface area contributed by atoms with Crippen molar-refractivity contribution in [1.29, 1.82) is 0 Å². The van der Waals surface area contributed by atoms with E-state index in [4.69, 9.17) is 0 Å². The lowest BCUT2D eigenvalue weighted by Gasteiger charge is -2.07. The van der Waals surface area contributed by atoms with Crippen LogP contribution in [0.4, 0.5) is 0 Å². The third kappa shape index (κ3) is 1.80. The highest BCUT2D eigenvalue weighted by Crippen LogP contribution is 2.42. The number of hydrogen-bond acceptors (Lipinski definition) is 5. The molecule has 2 fully saturated rings. The molecule has 1 saturated heterocycles. The number of aromatic nitrogens is 2. The summed E-state index contributed by atoms with van der Waals surface area (Å²) in [5, 5.41) is 3.15. The number of piperidine rings is 1. The Bertz CT molecular complexity index is 681. The Morgan fingerprint density at radius 3 is 2.50 bits per heavy atom. The Morgan fingerprint density at radius 2 is 1.89 bits per heavy atom. The molecular formula is C9H12N4O4S. The van der Waals surface area contributed by atoms with Crippen molar-refractivity contribution in [3.8, 4) is 0 Å². The van der Waals surface area contributed by atoms with Gasteiger partial charge in [-0.2, -0.15) is 0 Å². The maximum absolute atomic E-state index is 12.0. The zero-order valence-corrected chi connectivity index (χ0v) is 10.1. The van der Waals surface area contributed by atoms with E-state index >= 15 is 0 Å². The van der Waals surface area contributed by atoms with Crippen molar-refractivity contribution in [2.45, 2.75) is 10.9 Å². The van der Waals surface area contributed by atoms with Crippen LogP contribution in [0.1, 0.15) is 0 Å². The molecule has 3 rings (SSSR count). The first-order chi connectivity index (χ1) is 8.49. The van der Waals surface area contributed by atoms with Crippen LogP contribution in [0.5, 0.6) is 0 Å². The molecule has 1 aliphatic heterocycles. The number of aromatic amines is 2. The topological polar surface area (TPSA) is 124 Å². The van der Waals surface area contributed by atoms with Crippen molar-refractivity contribution in [3.05, 3.63) is 27.0 Å². The molecule has 2 unspecified atom stereocenters. The average Bonchev–Trinajstić information content (AvgIpc) is 2.74. The predicted molar refractivity (Wildman–Crippen MR) is 61.6 cm³/mol. The van der Waals surface area contributed by atoms with E-state index in [0.29, 0.717) is 11.8 Å². The number of nitrogens with one attached hydrogen (secondary N) is 4. The molecule has 98 valence electrons. The minimum atomic E-state index is -3.88. The summed E-state index contributed by atoms with van der Waals surface area (Å²) >= 11 is 0. The van der Waals surface area contributed by atoms with Gasteiger partial charge in [-0.05, 0) is 24.9 Å². The molecule has 1 aromatic rings. The second-order valence-corrected chi connectivity index (χ2v) is 6.25. The predicted octanol–water partition coefficient (Wildman–Crippen LogP) is -2.44. The first kappa shape index (κ1) is 11.6. The van der Waals surface area contributed by atoms with E-state index < -0.39 is 26.2 Å². The Hall–Kier alpha value is -1.45. The highest BCUT2D eigenvalue weighted by molar-refractivity contribution is 7.89. The lowest BCUT2D eigenvalue weighted by atomic mass is 10.4. The van der Waals surface area contributed by atoms with Gasteiger partial charge in [-0.25, -0.2) is 17.9 Å². The molecule has 0 bridgehead atoms. The van der Waals surface area contributed by atoms with Crippen molar-refractivity contribution < 1.29 is 8.42 Å². The lowest BCUT2D eigenvalue weighted by molar-refractivity contribution is 0.563. The standard InChI is InChI=1S/C9H12N4O4S/c14-8-6(3-11-9(15)12-8)18(16,17)13-7-4-1-10-2-5(4)7/h3-5,7,10,13H,1-2H2,(H2,11,12,14,15). The Kier molecular flexibility index (Phi) is 2.44. The molecule has 1 aliphatic carbocycles. The summed E-state index contributed by atoms with van der Waals surface area (Å²) < 4.78 is 26.4. The van der Waals surface area contributed by atoms with Gasteiger partial charge in [0, 0.05) is 12.2 Å². The molecule has 18 heavy (non-hydrogen) atoms. The van der Waals surface area contributed by atoms with Gasteiger partial charge in [0.2, 0.25) is 10.0 Å². The van der Waals surface area contributed by atoms with Gasteiger partial charge in [0.1, 0.15) is 0 Å². The fraction of sp³-hybridized carbons (Fsp3) is 0.556. The first-order valence-electron chi connectivity index (χ1n) is 5.54. The van der Waals surface area contributed by atoms with Gasteiger partial charge in [0.05, 0.1) is 0 Å². The number of hydrogen-bond donors (Lipinski definition) is 4. The van der Waals surface area contributed by atoms with Gasteiger partial charge in [-0.1, -0.05) is 0 Å². The molecule has 2 heterocycles. The van der Waals surface area contributed by atoms with Gasteiger partial charge in [0.25, 0.3) is 5.56 Å². The molecule has 0 spiro atoms. The van der Waals surface area contributed by atoms with Gasteiger partial charge in [-0.15, -0.1) is 0 Å². The van der Waals surface area contributed by atoms with Crippen LogP contribution >= 0.6 is 0 Å². The van der Waals surface area contributed by atoms with Gasteiger partial charge in [0.15, 0.2) is 4.90 Å². The molecule has 0 amide bonds. The minimum absolute atomic E-state index is 0.109. The van der Waals surface area contributed by atoms with Crippen LogP contribution in [0.25, 0.3) is 0 Å². The summed E-state index contributed by atoms with van der Waals surface area (Å²) in [7, 11) is -3.88. The summed E-state index contributed by atoms with van der Waals surface area (Å²) in [6, 6.07) is -0.109. The minimum Gasteiger partial charge on any atom is -0.316 e. The number of rotatable bonds is 3. The van der Waals surface area contributed by atoms with E-state index in [9.17, 15) is 18.0 Å². The van der Waals surface area contributed by atoms with Crippen molar-refractivity contribution in [1.82, 2.24) is 20.0 Å². The van der Waals surface area contributed by atoms with Gasteiger partial charge < -0.3 is 10.3 Å². The summed E-state index contributed by atoms with van der Waals surface area (Å²) in [5.74, 6) is 0.614. The van der Waals surface area contributed by atoms with Crippen molar-refractivity contribution in [2.24, 2.45) is 11.8 Å². The molecular weight excluding hydrogens is 260 g/mol. The van der Waals surface area contributed by atoms with E-state index in [1.165, 1.54) is 0 Å². The van der Waals surface area contributed by atoms with Crippen molar-refractivity contribution >= 4 is 10.0 Å². The number of sulfonamides is 1. The third-order valence-electron chi connectivity index (χ3n) is 3.46. The Labute approximate surface area is 102 Å². The smallest absolute Gasteiger partial charge is 0.316 e. The molecule has 2 aliphatic rings. The quantitative estimate of drug-likeness (QED) is 0.486. The van der Waals surface area contributed by atoms with Crippen molar-refractivity contribution in [3.63, 3.8) is 0 Å². The monoisotopic (exact) mass is 272 g/mol. The molecule has 0 radical (unpaired) electrons. The van der Waals surface area contributed by atoms with Crippen LogP contribution in [0.15, 0.2) is 20.7 Å². The van der Waals surface area contributed by atoms with Crippen LogP contribution < -0.4 is 21.3 Å². The second-order valence-electron chi connectivity index (χ2n) is 4.57. The van der Waals surface area contributed by atoms with E-state index in [1.54, 1.807) is 0 Å². The molecule has 1 saturated carbocycles. The summed E-state index contributed by atoms with van der Waals surface area (Å²) in [6.45, 7) is 1.58. The molecule has 2 atom stereocenters. The van der Waals surface area contributed by atoms with E-state index in [0.717, 1.165) is 19.3 Å². The highest BCUT2D eigenvalue weighted by Gasteiger charge is 2.54. The average molecular weight is 272 g/mol. The van der Waals surface area contributed by atoms with Crippen LogP contribution in [0.2, 0.25) is 0 Å². The number of fused-ring (bicyclic) bond motifs is 1. The normalized spacial score (nSPS) is 30.1. The van der Waals surface area contributed by atoms with Gasteiger partial charge >= 0.3 is 5.69 Å². The molecule has 4 N–H and O–H groups in total. The largest absolute Gasteiger partial charge is 0.325 e. The second kappa shape index (κ2) is 3.77. The summed E-state index contributed by atoms with van der Waals surface area (Å²) in [4.78, 5) is 25.8. The first-order valence-corrected chi connectivity index (χ1v) is 7.02. The van der Waals surface area contributed by atoms with Crippen LogP contribution in [0, 0.1) is 11.8 Å². The molecule has 1 aromatic heterocycles. The maximum Gasteiger partial charge on any atom is 0.325 e. The van der Waals surface area contributed by atoms with Crippen LogP contribution in [0.3, 0.4) is 0 Å². The third-order valence-corrected chi connectivity index (χ3v) is 4.92.